The van der Waals surface area contributed by atoms with Gasteiger partial charge in [0.2, 0.25) is 5.91 Å². The van der Waals surface area contributed by atoms with E-state index in [2.05, 4.69) is 65.8 Å². The zero-order valence-corrected chi connectivity index (χ0v) is 17.0. The van der Waals surface area contributed by atoms with Crippen LogP contribution in [0, 0.1) is 5.92 Å². The molecule has 0 radical (unpaired) electrons. The van der Waals surface area contributed by atoms with Gasteiger partial charge in [0.15, 0.2) is 0 Å². The Balaban J connectivity index is 1.49. The van der Waals surface area contributed by atoms with Crippen molar-refractivity contribution in [2.75, 3.05) is 6.54 Å². The molecular formula is C26H26N2O2. The van der Waals surface area contributed by atoms with Gasteiger partial charge in [-0.2, -0.15) is 0 Å². The zero-order valence-electron chi connectivity index (χ0n) is 17.0. The Kier molecular flexibility index (Phi) is 5.22. The number of rotatable bonds is 4. The average Bonchev–Trinajstić information content (AvgIpc) is 3.24. The fourth-order valence-corrected chi connectivity index (χ4v) is 4.72. The third-order valence-corrected chi connectivity index (χ3v) is 6.33. The number of hydrogen-bond acceptors (Lipinski definition) is 3. The number of aromatic nitrogens is 1. The first-order valence-corrected chi connectivity index (χ1v) is 10.8. The molecule has 3 aromatic rings. The third-order valence-electron chi connectivity index (χ3n) is 6.33. The first kappa shape index (κ1) is 18.9. The van der Waals surface area contributed by atoms with E-state index in [1.165, 1.54) is 11.1 Å². The number of carbonyl (C=O) groups excluding carboxylic acids is 1. The van der Waals surface area contributed by atoms with Crippen LogP contribution in [0.25, 0.3) is 0 Å². The molecule has 0 fully saturated rings. The molecule has 0 spiro atoms. The number of fused-ring (bicyclic) bond motifs is 1. The van der Waals surface area contributed by atoms with Crippen LogP contribution in [0.4, 0.5) is 0 Å². The summed E-state index contributed by atoms with van der Waals surface area (Å²) < 4.78 is 5.79. The molecule has 152 valence electrons. The van der Waals surface area contributed by atoms with Gasteiger partial charge in [0, 0.05) is 24.4 Å². The van der Waals surface area contributed by atoms with Gasteiger partial charge in [-0.05, 0) is 30.4 Å². The van der Waals surface area contributed by atoms with E-state index >= 15 is 0 Å². The van der Waals surface area contributed by atoms with Crippen molar-refractivity contribution < 1.29 is 9.32 Å². The van der Waals surface area contributed by atoms with Crippen molar-refractivity contribution >= 4 is 5.91 Å². The maximum Gasteiger partial charge on any atom is 0.226 e. The van der Waals surface area contributed by atoms with Crippen molar-refractivity contribution in [2.24, 2.45) is 5.92 Å². The van der Waals surface area contributed by atoms with Crippen LogP contribution in [0.5, 0.6) is 0 Å². The molecule has 0 N–H and O–H groups in total. The van der Waals surface area contributed by atoms with E-state index in [0.29, 0.717) is 13.1 Å². The molecular weight excluding hydrogens is 372 g/mol. The molecule has 0 bridgehead atoms. The predicted molar refractivity (Wildman–Crippen MR) is 116 cm³/mol. The van der Waals surface area contributed by atoms with Gasteiger partial charge in [-0.1, -0.05) is 78.0 Å². The van der Waals surface area contributed by atoms with Crippen LogP contribution in [-0.4, -0.2) is 22.5 Å². The molecule has 5 rings (SSSR count). The summed E-state index contributed by atoms with van der Waals surface area (Å²) in [5.74, 6) is 1.30. The van der Waals surface area contributed by atoms with Gasteiger partial charge in [0.25, 0.3) is 0 Å². The molecule has 2 aliphatic rings. The highest BCUT2D eigenvalue weighted by atomic mass is 16.5. The lowest BCUT2D eigenvalue weighted by atomic mass is 9.85. The summed E-state index contributed by atoms with van der Waals surface area (Å²) in [7, 11) is 0. The van der Waals surface area contributed by atoms with E-state index in [9.17, 15) is 4.79 Å². The summed E-state index contributed by atoms with van der Waals surface area (Å²) in [6.45, 7) is 1.30. The van der Waals surface area contributed by atoms with Crippen molar-refractivity contribution in [3.05, 3.63) is 101 Å². The molecule has 1 amide bonds. The molecule has 0 saturated carbocycles. The minimum absolute atomic E-state index is 0.00688. The summed E-state index contributed by atoms with van der Waals surface area (Å²) in [4.78, 5) is 15.2. The van der Waals surface area contributed by atoms with E-state index in [1.54, 1.807) is 0 Å². The van der Waals surface area contributed by atoms with Crippen LogP contribution in [0.2, 0.25) is 0 Å². The van der Waals surface area contributed by atoms with Gasteiger partial charge in [-0.25, -0.2) is 0 Å². The van der Waals surface area contributed by atoms with Gasteiger partial charge in [0.05, 0.1) is 12.5 Å². The monoisotopic (exact) mass is 398 g/mol. The summed E-state index contributed by atoms with van der Waals surface area (Å²) >= 11 is 0. The SMILES string of the molecule is O=C(C1CC=CCC1)N1CCc2onc(C(c3ccccc3)c3ccccc3)c2C1. The van der Waals surface area contributed by atoms with Crippen LogP contribution in [0.1, 0.15) is 53.3 Å². The molecule has 1 aliphatic heterocycles. The maximum absolute atomic E-state index is 13.1. The lowest BCUT2D eigenvalue weighted by Crippen LogP contribution is -2.40. The maximum atomic E-state index is 13.1. The first-order valence-electron chi connectivity index (χ1n) is 10.8. The number of nitrogens with zero attached hydrogens (tertiary/aromatic N) is 2. The molecule has 4 nitrogen and oxygen atoms in total. The molecule has 2 aromatic carbocycles. The van der Waals surface area contributed by atoms with Crippen molar-refractivity contribution in [1.29, 1.82) is 0 Å². The van der Waals surface area contributed by atoms with Crippen LogP contribution in [0.3, 0.4) is 0 Å². The van der Waals surface area contributed by atoms with Crippen molar-refractivity contribution in [3.63, 3.8) is 0 Å². The molecule has 1 aliphatic carbocycles. The molecule has 4 heteroatoms. The van der Waals surface area contributed by atoms with Gasteiger partial charge in [-0.15, -0.1) is 0 Å². The van der Waals surface area contributed by atoms with Gasteiger partial charge in [-0.3, -0.25) is 4.79 Å². The van der Waals surface area contributed by atoms with Crippen molar-refractivity contribution in [1.82, 2.24) is 10.1 Å². The van der Waals surface area contributed by atoms with E-state index in [4.69, 9.17) is 4.52 Å². The van der Waals surface area contributed by atoms with E-state index in [1.807, 2.05) is 17.0 Å². The Morgan fingerprint density at radius 3 is 2.33 bits per heavy atom. The summed E-state index contributed by atoms with van der Waals surface area (Å²) in [5.41, 5.74) is 4.38. The zero-order chi connectivity index (χ0) is 20.3. The normalized spacial score (nSPS) is 18.4. The Bertz CT molecular complexity index is 1000. The summed E-state index contributed by atoms with van der Waals surface area (Å²) in [6.07, 6.45) is 7.86. The van der Waals surface area contributed by atoms with E-state index in [0.717, 1.165) is 42.7 Å². The topological polar surface area (TPSA) is 46.3 Å². The highest BCUT2D eigenvalue weighted by Crippen LogP contribution is 2.36. The molecule has 30 heavy (non-hydrogen) atoms. The number of allylic oxidation sites excluding steroid dienone is 2. The minimum atomic E-state index is -0.00688. The predicted octanol–water partition coefficient (Wildman–Crippen LogP) is 5.10. The standard InChI is InChI=1S/C26H26N2O2/c29-26(21-14-8-3-9-15-21)28-17-16-23-22(18-28)25(27-30-23)24(19-10-4-1-5-11-19)20-12-6-2-7-13-20/h1-8,10-13,21,24H,9,14-18H2. The Labute approximate surface area is 177 Å². The average molecular weight is 399 g/mol. The Morgan fingerprint density at radius 1 is 1.00 bits per heavy atom. The molecule has 1 unspecified atom stereocenters. The number of benzene rings is 2. The van der Waals surface area contributed by atoms with Crippen LogP contribution in [0.15, 0.2) is 77.3 Å². The van der Waals surface area contributed by atoms with E-state index in [-0.39, 0.29) is 17.7 Å². The smallest absolute Gasteiger partial charge is 0.226 e. The second-order valence-electron chi connectivity index (χ2n) is 8.22. The minimum Gasteiger partial charge on any atom is -0.361 e. The van der Waals surface area contributed by atoms with Gasteiger partial charge >= 0.3 is 0 Å². The molecule has 1 atom stereocenters. The lowest BCUT2D eigenvalue weighted by Gasteiger charge is -2.31. The lowest BCUT2D eigenvalue weighted by molar-refractivity contribution is -0.136. The first-order chi connectivity index (χ1) is 14.8. The Hall–Kier alpha value is -3.14. The largest absolute Gasteiger partial charge is 0.361 e. The number of hydrogen-bond donors (Lipinski definition) is 0. The molecule has 0 saturated heterocycles. The fourth-order valence-electron chi connectivity index (χ4n) is 4.72. The summed E-state index contributed by atoms with van der Waals surface area (Å²) in [5, 5.41) is 4.53. The van der Waals surface area contributed by atoms with Gasteiger partial charge in [0.1, 0.15) is 11.5 Å². The van der Waals surface area contributed by atoms with E-state index < -0.39 is 0 Å². The fraction of sp³-hybridized carbons (Fsp3) is 0.308. The number of amides is 1. The van der Waals surface area contributed by atoms with Crippen molar-refractivity contribution in [3.8, 4) is 0 Å². The van der Waals surface area contributed by atoms with Crippen LogP contribution in [-0.2, 0) is 17.8 Å². The second-order valence-corrected chi connectivity index (χ2v) is 8.22. The highest BCUT2D eigenvalue weighted by molar-refractivity contribution is 5.79. The Morgan fingerprint density at radius 2 is 1.70 bits per heavy atom. The van der Waals surface area contributed by atoms with Gasteiger partial charge < -0.3 is 9.42 Å². The molecule has 1 aromatic heterocycles. The van der Waals surface area contributed by atoms with Crippen molar-refractivity contribution in [2.45, 2.75) is 38.1 Å². The second kappa shape index (κ2) is 8.31. The summed E-state index contributed by atoms with van der Waals surface area (Å²) in [6, 6.07) is 20.9. The third kappa shape index (κ3) is 3.58. The number of carbonyl (C=O) groups is 1. The molecule has 2 heterocycles. The van der Waals surface area contributed by atoms with Crippen LogP contribution >= 0.6 is 0 Å². The van der Waals surface area contributed by atoms with Crippen LogP contribution < -0.4 is 0 Å². The highest BCUT2D eigenvalue weighted by Gasteiger charge is 2.33. The quantitative estimate of drug-likeness (QED) is 0.575.